The van der Waals surface area contributed by atoms with Crippen molar-refractivity contribution < 1.29 is 13.6 Å². The summed E-state index contributed by atoms with van der Waals surface area (Å²) < 4.78 is 19.0. The van der Waals surface area contributed by atoms with Gasteiger partial charge in [0.2, 0.25) is 0 Å². The third-order valence-electron chi connectivity index (χ3n) is 9.54. The van der Waals surface area contributed by atoms with Gasteiger partial charge in [-0.2, -0.15) is 0 Å². The Bertz CT molecular complexity index is 868. The zero-order chi connectivity index (χ0) is 20.4. The molecule has 6 aliphatic carbocycles. The van der Waals surface area contributed by atoms with Crippen molar-refractivity contribution in [3.8, 4) is 5.75 Å². The van der Waals surface area contributed by atoms with Crippen molar-refractivity contribution >= 4 is 8.60 Å². The number of para-hydroxylation sites is 1. The molecule has 0 aliphatic heterocycles. The van der Waals surface area contributed by atoms with Gasteiger partial charge in [-0.05, 0) is 103 Å². The second-order valence-corrected chi connectivity index (χ2v) is 12.2. The van der Waals surface area contributed by atoms with E-state index in [4.69, 9.17) is 13.6 Å². The van der Waals surface area contributed by atoms with E-state index in [-0.39, 0.29) is 0 Å². The predicted octanol–water partition coefficient (Wildman–Crippen LogP) is 6.63. The fraction of sp³-hybridized carbons (Fsp3) is 0.630. The average Bonchev–Trinajstić information content (AvgIpc) is 3.63. The summed E-state index contributed by atoms with van der Waals surface area (Å²) in [5.74, 6) is 9.13. The minimum Gasteiger partial charge on any atom is -0.427 e. The molecule has 4 saturated carbocycles. The molecule has 0 aromatic heterocycles. The number of rotatable bonds is 8. The Balaban J connectivity index is 0.997. The van der Waals surface area contributed by atoms with Gasteiger partial charge < -0.3 is 13.6 Å². The van der Waals surface area contributed by atoms with E-state index in [0.717, 1.165) is 60.4 Å². The van der Waals surface area contributed by atoms with Gasteiger partial charge in [-0.1, -0.05) is 42.5 Å². The number of fused-ring (bicyclic) bond motifs is 11. The summed E-state index contributed by atoms with van der Waals surface area (Å²) in [6.45, 7) is 1.57. The van der Waals surface area contributed by atoms with E-state index in [1.807, 2.05) is 30.3 Å². The Hall–Kier alpha value is -1.15. The number of hydrogen-bond donors (Lipinski definition) is 0. The quantitative estimate of drug-likeness (QED) is 0.260. The lowest BCUT2D eigenvalue weighted by molar-refractivity contribution is 0.0931. The van der Waals surface area contributed by atoms with Crippen LogP contribution in [0.25, 0.3) is 0 Å². The smallest absolute Gasteiger partial charge is 0.397 e. The third kappa shape index (κ3) is 3.35. The van der Waals surface area contributed by atoms with Gasteiger partial charge >= 0.3 is 8.60 Å². The van der Waals surface area contributed by atoms with Crippen molar-refractivity contribution in [3.05, 3.63) is 54.6 Å². The lowest BCUT2D eigenvalue weighted by atomic mass is 9.70. The van der Waals surface area contributed by atoms with Crippen molar-refractivity contribution in [2.24, 2.45) is 59.2 Å². The van der Waals surface area contributed by atoms with Gasteiger partial charge in [-0.25, -0.2) is 0 Å². The number of hydrogen-bond acceptors (Lipinski definition) is 3. The fourth-order valence-electron chi connectivity index (χ4n) is 8.40. The van der Waals surface area contributed by atoms with Crippen LogP contribution in [0.3, 0.4) is 0 Å². The van der Waals surface area contributed by atoms with Crippen molar-refractivity contribution in [1.82, 2.24) is 0 Å². The molecule has 11 atom stereocenters. The summed E-state index contributed by atoms with van der Waals surface area (Å²) in [5, 5.41) is 0. The summed E-state index contributed by atoms with van der Waals surface area (Å²) in [6, 6.07) is 10.1. The zero-order valence-corrected chi connectivity index (χ0v) is 19.0. The minimum absolute atomic E-state index is 0.632. The van der Waals surface area contributed by atoms with E-state index in [1.54, 1.807) is 0 Å². The Morgan fingerprint density at radius 2 is 1.48 bits per heavy atom. The van der Waals surface area contributed by atoms with Crippen LogP contribution < -0.4 is 4.52 Å². The predicted molar refractivity (Wildman–Crippen MR) is 122 cm³/mol. The zero-order valence-electron chi connectivity index (χ0n) is 18.1. The molecule has 1 aromatic rings. The molecule has 7 rings (SSSR count). The Morgan fingerprint density at radius 3 is 2.26 bits per heavy atom. The highest BCUT2D eigenvalue weighted by atomic mass is 31.2. The van der Waals surface area contributed by atoms with Gasteiger partial charge in [0, 0.05) is 0 Å². The monoisotopic (exact) mass is 436 g/mol. The maximum atomic E-state index is 6.44. The SMILES string of the molecule is C1=CC2CC1CC2COP(OCC1CC2CC1C1C3C=CC(C3)C21)Oc1ccccc1. The van der Waals surface area contributed by atoms with E-state index in [1.165, 1.54) is 32.1 Å². The average molecular weight is 437 g/mol. The Kier molecular flexibility index (Phi) is 4.81. The molecule has 0 spiro atoms. The lowest BCUT2D eigenvalue weighted by Crippen LogP contribution is -2.32. The summed E-state index contributed by atoms with van der Waals surface area (Å²) in [4.78, 5) is 0. The summed E-state index contributed by atoms with van der Waals surface area (Å²) >= 11 is 0. The fourth-order valence-corrected chi connectivity index (χ4v) is 9.50. The first-order valence-corrected chi connectivity index (χ1v) is 13.6. The molecule has 0 heterocycles. The van der Waals surface area contributed by atoms with Gasteiger partial charge in [0.05, 0.1) is 13.2 Å². The molecule has 4 heteroatoms. The molecule has 6 bridgehead atoms. The minimum atomic E-state index is -1.35. The summed E-state index contributed by atoms with van der Waals surface area (Å²) in [6.07, 6.45) is 16.7. The topological polar surface area (TPSA) is 27.7 Å². The highest BCUT2D eigenvalue weighted by Crippen LogP contribution is 2.67. The van der Waals surface area contributed by atoms with E-state index in [0.29, 0.717) is 17.8 Å². The Morgan fingerprint density at radius 1 is 0.710 bits per heavy atom. The molecule has 0 saturated heterocycles. The van der Waals surface area contributed by atoms with Crippen LogP contribution in [0.4, 0.5) is 0 Å². The van der Waals surface area contributed by atoms with Crippen LogP contribution in [0, 0.1) is 59.2 Å². The van der Waals surface area contributed by atoms with Crippen LogP contribution in [-0.4, -0.2) is 13.2 Å². The van der Waals surface area contributed by atoms with Crippen molar-refractivity contribution in [2.45, 2.75) is 32.1 Å². The Labute approximate surface area is 187 Å². The molecule has 1 aromatic carbocycles. The summed E-state index contributed by atoms with van der Waals surface area (Å²) in [5.41, 5.74) is 0. The first kappa shape index (κ1) is 19.3. The van der Waals surface area contributed by atoms with Crippen LogP contribution >= 0.6 is 8.60 Å². The van der Waals surface area contributed by atoms with Crippen LogP contribution in [0.15, 0.2) is 54.6 Å². The molecule has 4 fully saturated rings. The molecular weight excluding hydrogens is 403 g/mol. The van der Waals surface area contributed by atoms with Gasteiger partial charge in [-0.15, -0.1) is 0 Å². The number of benzene rings is 1. The van der Waals surface area contributed by atoms with E-state index in [2.05, 4.69) is 24.3 Å². The highest BCUT2D eigenvalue weighted by molar-refractivity contribution is 7.42. The number of allylic oxidation sites excluding steroid dienone is 4. The second-order valence-electron chi connectivity index (χ2n) is 11.0. The van der Waals surface area contributed by atoms with E-state index < -0.39 is 8.60 Å². The van der Waals surface area contributed by atoms with Crippen molar-refractivity contribution in [2.75, 3.05) is 13.2 Å². The van der Waals surface area contributed by atoms with Crippen molar-refractivity contribution in [1.29, 1.82) is 0 Å². The van der Waals surface area contributed by atoms with Gasteiger partial charge in [0.1, 0.15) is 5.75 Å². The van der Waals surface area contributed by atoms with Crippen LogP contribution in [0.1, 0.15) is 32.1 Å². The van der Waals surface area contributed by atoms with Crippen molar-refractivity contribution in [3.63, 3.8) is 0 Å². The van der Waals surface area contributed by atoms with E-state index in [9.17, 15) is 0 Å². The van der Waals surface area contributed by atoms with Gasteiger partial charge in [0.15, 0.2) is 0 Å². The normalized spacial score (nSPS) is 46.2. The van der Waals surface area contributed by atoms with Gasteiger partial charge in [0.25, 0.3) is 0 Å². The molecule has 31 heavy (non-hydrogen) atoms. The maximum absolute atomic E-state index is 6.44. The molecule has 3 nitrogen and oxygen atoms in total. The standard InChI is InChI=1S/C27H33O3P/c1-2-4-24(5-3-1)30-31(28-15-22-11-17-6-7-18(22)10-17)29-16-23-13-21-14-25(23)27-20-9-8-19(12-20)26(21)27/h1-9,17-23,25-27H,10-16H2. The molecule has 164 valence electrons. The molecule has 11 unspecified atom stereocenters. The highest BCUT2D eigenvalue weighted by Gasteiger charge is 2.60. The first-order chi connectivity index (χ1) is 15.3. The van der Waals surface area contributed by atoms with Gasteiger partial charge in [-0.3, -0.25) is 0 Å². The van der Waals surface area contributed by atoms with Crippen LogP contribution in [0.5, 0.6) is 5.75 Å². The maximum Gasteiger partial charge on any atom is 0.397 e. The van der Waals surface area contributed by atoms with Crippen LogP contribution in [-0.2, 0) is 9.05 Å². The molecule has 6 aliphatic rings. The molecular formula is C27H33O3P. The van der Waals surface area contributed by atoms with E-state index >= 15 is 0 Å². The largest absolute Gasteiger partial charge is 0.427 e. The first-order valence-electron chi connectivity index (χ1n) is 12.5. The second kappa shape index (κ2) is 7.72. The lowest BCUT2D eigenvalue weighted by Gasteiger charge is -2.36. The molecule has 0 radical (unpaired) electrons. The third-order valence-corrected chi connectivity index (χ3v) is 10.6. The van der Waals surface area contributed by atoms with Crippen LogP contribution in [0.2, 0.25) is 0 Å². The molecule has 0 amide bonds. The molecule has 0 N–H and O–H groups in total. The summed E-state index contributed by atoms with van der Waals surface area (Å²) in [7, 11) is -1.35.